The van der Waals surface area contributed by atoms with Crippen molar-refractivity contribution in [2.45, 2.75) is 19.8 Å². The quantitative estimate of drug-likeness (QED) is 0.856. The highest BCUT2D eigenvalue weighted by Gasteiger charge is 2.25. The van der Waals surface area contributed by atoms with Crippen LogP contribution in [-0.2, 0) is 4.79 Å². The van der Waals surface area contributed by atoms with Gasteiger partial charge in [0.2, 0.25) is 5.89 Å². The Kier molecular flexibility index (Phi) is 2.60. The Labute approximate surface area is 92.1 Å². The maximum atomic E-state index is 10.8. The summed E-state index contributed by atoms with van der Waals surface area (Å²) in [6, 6.07) is 3.51. The summed E-state index contributed by atoms with van der Waals surface area (Å²) < 4.78 is 5.46. The first-order chi connectivity index (χ1) is 7.59. The lowest BCUT2D eigenvalue weighted by Crippen LogP contribution is -2.16. The summed E-state index contributed by atoms with van der Waals surface area (Å²) in [4.78, 5) is 19.1. The number of rotatable bonds is 3. The lowest BCUT2D eigenvalue weighted by molar-refractivity contribution is -0.141. The predicted molar refractivity (Wildman–Crippen MR) is 57.0 cm³/mol. The normalized spacial score (nSPS) is 14.9. The van der Waals surface area contributed by atoms with Crippen LogP contribution in [0.2, 0.25) is 0 Å². The van der Waals surface area contributed by atoms with E-state index in [2.05, 4.69) is 9.97 Å². The van der Waals surface area contributed by atoms with Gasteiger partial charge in [0, 0.05) is 12.1 Å². The summed E-state index contributed by atoms with van der Waals surface area (Å²) >= 11 is 0. The zero-order valence-electron chi connectivity index (χ0n) is 9.04. The molecule has 2 atom stereocenters. The average molecular weight is 220 g/mol. The van der Waals surface area contributed by atoms with Crippen LogP contribution in [0.5, 0.6) is 0 Å². The van der Waals surface area contributed by atoms with Gasteiger partial charge in [-0.25, -0.2) is 4.98 Å². The second-order valence-corrected chi connectivity index (χ2v) is 3.79. The minimum atomic E-state index is -0.859. The van der Waals surface area contributed by atoms with Crippen LogP contribution in [0, 0.1) is 5.92 Å². The van der Waals surface area contributed by atoms with Gasteiger partial charge in [0.1, 0.15) is 0 Å². The molecule has 16 heavy (non-hydrogen) atoms. The van der Waals surface area contributed by atoms with E-state index in [1.54, 1.807) is 32.2 Å². The molecule has 84 valence electrons. The smallest absolute Gasteiger partial charge is 0.307 e. The fourth-order valence-electron chi connectivity index (χ4n) is 1.41. The standard InChI is InChI=1S/C11H12N2O3/c1-6(7(2)11(14)15)10-13-9-8(16-10)4-3-5-12-9/h3-7H,1-2H3,(H,14,15). The van der Waals surface area contributed by atoms with E-state index < -0.39 is 11.9 Å². The number of carbonyl (C=O) groups is 1. The molecule has 0 aliphatic heterocycles. The average Bonchev–Trinajstić information content (AvgIpc) is 2.70. The molecule has 5 nitrogen and oxygen atoms in total. The highest BCUT2D eigenvalue weighted by Crippen LogP contribution is 2.26. The van der Waals surface area contributed by atoms with Crippen LogP contribution in [0.15, 0.2) is 22.7 Å². The van der Waals surface area contributed by atoms with Gasteiger partial charge in [-0.15, -0.1) is 0 Å². The highest BCUT2D eigenvalue weighted by atomic mass is 16.4. The van der Waals surface area contributed by atoms with E-state index in [4.69, 9.17) is 9.52 Å². The molecule has 0 aliphatic carbocycles. The summed E-state index contributed by atoms with van der Waals surface area (Å²) in [5.41, 5.74) is 1.10. The van der Waals surface area contributed by atoms with Crippen LogP contribution in [0.1, 0.15) is 25.7 Å². The number of carboxylic acids is 1. The molecule has 2 aromatic rings. The molecule has 0 aliphatic rings. The van der Waals surface area contributed by atoms with E-state index in [1.165, 1.54) is 0 Å². The summed E-state index contributed by atoms with van der Waals surface area (Å²) in [6.07, 6.45) is 1.62. The van der Waals surface area contributed by atoms with Crippen molar-refractivity contribution in [1.82, 2.24) is 9.97 Å². The van der Waals surface area contributed by atoms with Gasteiger partial charge >= 0.3 is 5.97 Å². The highest BCUT2D eigenvalue weighted by molar-refractivity contribution is 5.71. The van der Waals surface area contributed by atoms with E-state index in [9.17, 15) is 4.79 Å². The van der Waals surface area contributed by atoms with Gasteiger partial charge in [0.25, 0.3) is 0 Å². The third kappa shape index (κ3) is 1.76. The molecule has 2 aromatic heterocycles. The van der Waals surface area contributed by atoms with E-state index in [0.717, 1.165) is 0 Å². The number of aromatic nitrogens is 2. The monoisotopic (exact) mass is 220 g/mol. The number of nitrogens with zero attached hydrogens (tertiary/aromatic N) is 2. The van der Waals surface area contributed by atoms with E-state index in [1.807, 2.05) is 0 Å². The minimum absolute atomic E-state index is 0.272. The van der Waals surface area contributed by atoms with Crippen molar-refractivity contribution in [3.63, 3.8) is 0 Å². The first kappa shape index (κ1) is 10.6. The summed E-state index contributed by atoms with van der Waals surface area (Å²) in [5, 5.41) is 8.90. The molecule has 0 saturated heterocycles. The number of hydrogen-bond acceptors (Lipinski definition) is 4. The molecule has 2 rings (SSSR count). The van der Waals surface area contributed by atoms with E-state index in [-0.39, 0.29) is 5.92 Å². The van der Waals surface area contributed by atoms with Gasteiger partial charge in [-0.2, -0.15) is 4.98 Å². The second kappa shape index (κ2) is 3.92. The number of aliphatic carboxylic acids is 1. The fourth-order valence-corrected chi connectivity index (χ4v) is 1.41. The van der Waals surface area contributed by atoms with Crippen molar-refractivity contribution in [2.24, 2.45) is 5.92 Å². The first-order valence-corrected chi connectivity index (χ1v) is 5.04. The lowest BCUT2D eigenvalue weighted by atomic mass is 9.96. The molecule has 0 radical (unpaired) electrons. The van der Waals surface area contributed by atoms with Crippen LogP contribution in [0.3, 0.4) is 0 Å². The van der Waals surface area contributed by atoms with E-state index in [0.29, 0.717) is 17.1 Å². The molecule has 2 unspecified atom stereocenters. The minimum Gasteiger partial charge on any atom is -0.481 e. The van der Waals surface area contributed by atoms with Gasteiger partial charge in [-0.05, 0) is 12.1 Å². The Morgan fingerprint density at radius 2 is 2.25 bits per heavy atom. The number of pyridine rings is 1. The number of hydrogen-bond donors (Lipinski definition) is 1. The summed E-state index contributed by atoms with van der Waals surface area (Å²) in [7, 11) is 0. The van der Waals surface area contributed by atoms with Crippen molar-refractivity contribution in [3.8, 4) is 0 Å². The van der Waals surface area contributed by atoms with Crippen LogP contribution in [0.4, 0.5) is 0 Å². The van der Waals surface area contributed by atoms with Crippen LogP contribution >= 0.6 is 0 Å². The summed E-state index contributed by atoms with van der Waals surface area (Å²) in [6.45, 7) is 3.42. The molecule has 0 saturated carbocycles. The predicted octanol–water partition coefficient (Wildman–Crippen LogP) is 2.05. The topological polar surface area (TPSA) is 76.2 Å². The molecular formula is C11H12N2O3. The first-order valence-electron chi connectivity index (χ1n) is 5.04. The van der Waals surface area contributed by atoms with Crippen molar-refractivity contribution in [3.05, 3.63) is 24.2 Å². The van der Waals surface area contributed by atoms with Crippen molar-refractivity contribution in [1.29, 1.82) is 0 Å². The molecule has 0 amide bonds. The van der Waals surface area contributed by atoms with Gasteiger partial charge in [-0.3, -0.25) is 4.79 Å². The Morgan fingerprint density at radius 1 is 1.50 bits per heavy atom. The molecular weight excluding hydrogens is 208 g/mol. The van der Waals surface area contributed by atoms with Crippen LogP contribution in [-0.4, -0.2) is 21.0 Å². The molecule has 0 bridgehead atoms. The molecule has 2 heterocycles. The Hall–Kier alpha value is -1.91. The fraction of sp³-hybridized carbons (Fsp3) is 0.364. The summed E-state index contributed by atoms with van der Waals surface area (Å²) in [5.74, 6) is -1.24. The second-order valence-electron chi connectivity index (χ2n) is 3.79. The van der Waals surface area contributed by atoms with Crippen LogP contribution < -0.4 is 0 Å². The number of carboxylic acid groups (broad SMARTS) is 1. The maximum absolute atomic E-state index is 10.8. The zero-order chi connectivity index (χ0) is 11.7. The molecule has 1 N–H and O–H groups in total. The Bertz CT molecular complexity index is 488. The molecule has 5 heteroatoms. The molecule has 0 spiro atoms. The number of fused-ring (bicyclic) bond motifs is 1. The van der Waals surface area contributed by atoms with Crippen molar-refractivity contribution in [2.75, 3.05) is 0 Å². The van der Waals surface area contributed by atoms with Crippen molar-refractivity contribution < 1.29 is 14.3 Å². The maximum Gasteiger partial charge on any atom is 0.307 e. The SMILES string of the molecule is CC(C(=O)O)C(C)c1nc2ncccc2o1. The molecule has 0 fully saturated rings. The Morgan fingerprint density at radius 3 is 2.88 bits per heavy atom. The van der Waals surface area contributed by atoms with Gasteiger partial charge in [0.15, 0.2) is 11.2 Å². The third-order valence-corrected chi connectivity index (χ3v) is 2.71. The Balaban J connectivity index is 2.36. The van der Waals surface area contributed by atoms with E-state index >= 15 is 0 Å². The van der Waals surface area contributed by atoms with Crippen molar-refractivity contribution >= 4 is 17.2 Å². The van der Waals surface area contributed by atoms with Gasteiger partial charge in [-0.1, -0.05) is 13.8 Å². The lowest BCUT2D eigenvalue weighted by Gasteiger charge is -2.11. The van der Waals surface area contributed by atoms with Gasteiger partial charge in [0.05, 0.1) is 5.92 Å². The zero-order valence-corrected chi connectivity index (χ0v) is 9.04. The third-order valence-electron chi connectivity index (χ3n) is 2.71. The van der Waals surface area contributed by atoms with Crippen LogP contribution in [0.25, 0.3) is 11.2 Å². The number of oxazole rings is 1. The largest absolute Gasteiger partial charge is 0.481 e. The molecule has 0 aromatic carbocycles. The van der Waals surface area contributed by atoms with Gasteiger partial charge < -0.3 is 9.52 Å².